The molecule has 262 valence electrons. The van der Waals surface area contributed by atoms with Gasteiger partial charge in [-0.15, -0.1) is 0 Å². The highest BCUT2D eigenvalue weighted by Gasteiger charge is 2.14. The van der Waals surface area contributed by atoms with Crippen LogP contribution in [0.25, 0.3) is 0 Å². The van der Waals surface area contributed by atoms with E-state index in [0.717, 1.165) is 0 Å². The van der Waals surface area contributed by atoms with Gasteiger partial charge in [0, 0.05) is 18.6 Å². The van der Waals surface area contributed by atoms with Gasteiger partial charge in [-0.2, -0.15) is 0 Å². The third kappa shape index (κ3) is 25.0. The highest BCUT2D eigenvalue weighted by molar-refractivity contribution is 6.32. The van der Waals surface area contributed by atoms with E-state index in [-0.39, 0.29) is 25.3 Å². The average molecular weight is 664 g/mol. The summed E-state index contributed by atoms with van der Waals surface area (Å²) in [4.78, 5) is 42.8. The molecular weight excluding hydrogens is 618 g/mol. The topological polar surface area (TPSA) is 207 Å². The Morgan fingerprint density at radius 3 is 1.24 bits per heavy atom. The number of benzene rings is 1. The van der Waals surface area contributed by atoms with Crippen molar-refractivity contribution in [3.05, 3.63) is 34.4 Å². The van der Waals surface area contributed by atoms with Crippen LogP contribution in [0.1, 0.15) is 12.8 Å². The monoisotopic (exact) mass is 663 g/mol. The SMILES string of the molecule is O=C(CCC(=O)C(=O)O)OCCOCCOCCOCCOCCOCCOCCOCCOCCOc1ccc([N+](=O)[O-])cc1. The van der Waals surface area contributed by atoms with Gasteiger partial charge in [-0.05, 0) is 12.1 Å². The predicted molar refractivity (Wildman–Crippen MR) is 158 cm³/mol. The van der Waals surface area contributed by atoms with Gasteiger partial charge in [0.15, 0.2) is 0 Å². The lowest BCUT2D eigenvalue weighted by Crippen LogP contribution is -2.17. The van der Waals surface area contributed by atoms with Crippen molar-refractivity contribution < 1.29 is 71.8 Å². The third-order valence-corrected chi connectivity index (χ3v) is 5.43. The number of esters is 1. The third-order valence-electron chi connectivity index (χ3n) is 5.43. The number of nitro groups is 1. The number of carboxylic acid groups (broad SMARTS) is 1. The molecule has 1 N–H and O–H groups in total. The standard InChI is InChI=1S/C29H45NO16/c31-27(29(33)34)5-6-28(32)46-24-22-44-20-18-42-16-14-40-12-10-38-8-7-37-9-11-39-13-15-41-17-19-43-21-23-45-26-3-1-25(2-4-26)30(35)36/h1-4H,5-24H2,(H,33,34). The van der Waals surface area contributed by atoms with E-state index in [2.05, 4.69) is 0 Å². The summed E-state index contributed by atoms with van der Waals surface area (Å²) in [6.45, 7) is 6.66. The van der Waals surface area contributed by atoms with Gasteiger partial charge in [0.1, 0.15) is 19.0 Å². The van der Waals surface area contributed by atoms with Gasteiger partial charge in [-0.1, -0.05) is 0 Å². The number of nitro benzene ring substituents is 1. The van der Waals surface area contributed by atoms with E-state index in [0.29, 0.717) is 111 Å². The fourth-order valence-electron chi connectivity index (χ4n) is 3.13. The van der Waals surface area contributed by atoms with E-state index in [1.807, 2.05) is 0 Å². The van der Waals surface area contributed by atoms with Crippen molar-refractivity contribution in [3.63, 3.8) is 0 Å². The van der Waals surface area contributed by atoms with Crippen molar-refractivity contribution in [2.45, 2.75) is 12.8 Å². The van der Waals surface area contributed by atoms with Crippen LogP contribution < -0.4 is 4.74 Å². The second kappa shape index (κ2) is 29.1. The summed E-state index contributed by atoms with van der Waals surface area (Å²) in [7, 11) is 0. The van der Waals surface area contributed by atoms with E-state index < -0.39 is 29.1 Å². The Bertz CT molecular complexity index is 946. The number of rotatable bonds is 33. The van der Waals surface area contributed by atoms with Gasteiger partial charge in [-0.25, -0.2) is 4.79 Å². The molecule has 0 amide bonds. The van der Waals surface area contributed by atoms with Crippen LogP contribution in [0.4, 0.5) is 5.69 Å². The molecule has 1 aromatic carbocycles. The molecule has 0 bridgehead atoms. The average Bonchev–Trinajstić information content (AvgIpc) is 3.05. The minimum Gasteiger partial charge on any atom is -0.491 e. The van der Waals surface area contributed by atoms with Crippen molar-refractivity contribution in [3.8, 4) is 5.75 Å². The number of carbonyl (C=O) groups excluding carboxylic acids is 2. The van der Waals surface area contributed by atoms with Crippen LogP contribution in [0.5, 0.6) is 5.75 Å². The van der Waals surface area contributed by atoms with Crippen molar-refractivity contribution in [2.24, 2.45) is 0 Å². The van der Waals surface area contributed by atoms with Crippen molar-refractivity contribution >= 4 is 23.4 Å². The summed E-state index contributed by atoms with van der Waals surface area (Å²) in [5, 5.41) is 19.1. The zero-order valence-electron chi connectivity index (χ0n) is 26.0. The van der Waals surface area contributed by atoms with Gasteiger partial charge in [0.25, 0.3) is 5.69 Å². The van der Waals surface area contributed by atoms with Crippen molar-refractivity contribution in [2.75, 3.05) is 119 Å². The molecule has 1 aromatic rings. The molecule has 0 radical (unpaired) electrons. The molecule has 0 aliphatic rings. The second-order valence-electron chi connectivity index (χ2n) is 8.95. The lowest BCUT2D eigenvalue weighted by molar-refractivity contribution is -0.384. The Labute approximate surface area is 267 Å². The molecule has 0 heterocycles. The number of hydrogen-bond acceptors (Lipinski definition) is 15. The van der Waals surface area contributed by atoms with Crippen LogP contribution in [0.2, 0.25) is 0 Å². The van der Waals surface area contributed by atoms with E-state index in [1.165, 1.54) is 12.1 Å². The summed E-state index contributed by atoms with van der Waals surface area (Å²) >= 11 is 0. The molecule has 0 spiro atoms. The smallest absolute Gasteiger partial charge is 0.372 e. The first-order valence-corrected chi connectivity index (χ1v) is 14.8. The lowest BCUT2D eigenvalue weighted by Gasteiger charge is -2.09. The van der Waals surface area contributed by atoms with Crippen LogP contribution >= 0.6 is 0 Å². The number of Topliss-reactive ketones (excluding diaryl/α,β-unsaturated/α-hetero) is 1. The lowest BCUT2D eigenvalue weighted by atomic mass is 10.2. The van der Waals surface area contributed by atoms with E-state index >= 15 is 0 Å². The molecule has 0 atom stereocenters. The molecule has 0 aliphatic carbocycles. The molecule has 0 aliphatic heterocycles. The maximum atomic E-state index is 11.4. The van der Waals surface area contributed by atoms with Crippen LogP contribution in [-0.4, -0.2) is 147 Å². The first-order chi connectivity index (χ1) is 22.4. The molecule has 0 aromatic heterocycles. The van der Waals surface area contributed by atoms with Crippen LogP contribution in [0.3, 0.4) is 0 Å². The summed E-state index contributed by atoms with van der Waals surface area (Å²) in [6.07, 6.45) is -0.673. The minimum atomic E-state index is -1.57. The van der Waals surface area contributed by atoms with Gasteiger partial charge in [0.05, 0.1) is 117 Å². The highest BCUT2D eigenvalue weighted by Crippen LogP contribution is 2.17. The summed E-state index contributed by atoms with van der Waals surface area (Å²) in [5.41, 5.74) is 0.0133. The van der Waals surface area contributed by atoms with Gasteiger partial charge >= 0.3 is 11.9 Å². The van der Waals surface area contributed by atoms with Crippen LogP contribution in [0, 0.1) is 10.1 Å². The fraction of sp³-hybridized carbons (Fsp3) is 0.690. The zero-order chi connectivity index (χ0) is 33.5. The molecule has 17 nitrogen and oxygen atoms in total. The van der Waals surface area contributed by atoms with Crippen LogP contribution in [0.15, 0.2) is 24.3 Å². The van der Waals surface area contributed by atoms with Crippen molar-refractivity contribution in [1.82, 2.24) is 0 Å². The Balaban J connectivity index is 1.69. The zero-order valence-corrected chi connectivity index (χ0v) is 26.0. The summed E-state index contributed by atoms with van der Waals surface area (Å²) in [6, 6.07) is 5.86. The Morgan fingerprint density at radius 1 is 0.543 bits per heavy atom. The van der Waals surface area contributed by atoms with Crippen molar-refractivity contribution in [1.29, 1.82) is 0 Å². The molecule has 0 fully saturated rings. The largest absolute Gasteiger partial charge is 0.491 e. The van der Waals surface area contributed by atoms with Gasteiger partial charge < -0.3 is 52.5 Å². The number of aliphatic carboxylic acids is 1. The van der Waals surface area contributed by atoms with Gasteiger partial charge in [-0.3, -0.25) is 19.7 Å². The number of ketones is 1. The molecule has 17 heteroatoms. The molecule has 0 saturated heterocycles. The molecule has 1 rings (SSSR count). The Hall–Kier alpha value is -3.29. The molecular formula is C29H45NO16. The fourth-order valence-corrected chi connectivity index (χ4v) is 3.13. The number of carbonyl (C=O) groups is 3. The number of carboxylic acids is 1. The first kappa shape index (κ1) is 40.7. The summed E-state index contributed by atoms with van der Waals surface area (Å²) < 4.78 is 53.4. The summed E-state index contributed by atoms with van der Waals surface area (Å²) in [5.74, 6) is -2.72. The Kier molecular flexibility index (Phi) is 25.8. The minimum absolute atomic E-state index is 0.00576. The number of hydrogen-bond donors (Lipinski definition) is 1. The van der Waals surface area contributed by atoms with E-state index in [9.17, 15) is 24.5 Å². The van der Waals surface area contributed by atoms with Crippen LogP contribution in [-0.2, 0) is 57.0 Å². The predicted octanol–water partition coefficient (Wildman–Crippen LogP) is 1.08. The van der Waals surface area contributed by atoms with E-state index in [4.69, 9.17) is 52.5 Å². The Morgan fingerprint density at radius 2 is 0.891 bits per heavy atom. The maximum Gasteiger partial charge on any atom is 0.372 e. The quantitative estimate of drug-likeness (QED) is 0.0367. The molecule has 46 heavy (non-hydrogen) atoms. The highest BCUT2D eigenvalue weighted by atomic mass is 16.6. The maximum absolute atomic E-state index is 11.4. The molecule has 0 saturated carbocycles. The van der Waals surface area contributed by atoms with Gasteiger partial charge in [0.2, 0.25) is 5.78 Å². The van der Waals surface area contributed by atoms with E-state index in [1.54, 1.807) is 12.1 Å². The second-order valence-corrected chi connectivity index (χ2v) is 8.95. The number of non-ortho nitro benzene ring substituents is 1. The number of ether oxygens (including phenoxy) is 10. The normalized spacial score (nSPS) is 11.0. The molecule has 0 unspecified atom stereocenters. The number of nitrogens with zero attached hydrogens (tertiary/aromatic N) is 1. The first-order valence-electron chi connectivity index (χ1n) is 14.8.